The second kappa shape index (κ2) is 10.0. The van der Waals surface area contributed by atoms with E-state index in [1.807, 2.05) is 37.1 Å². The van der Waals surface area contributed by atoms with Gasteiger partial charge in [-0.25, -0.2) is 4.98 Å². The van der Waals surface area contributed by atoms with Crippen LogP contribution in [0.4, 0.5) is 5.13 Å². The number of hydrogen-bond donors (Lipinski definition) is 2. The van der Waals surface area contributed by atoms with Crippen LogP contribution in [0.15, 0.2) is 78.0 Å². The molecule has 0 fully saturated rings. The van der Waals surface area contributed by atoms with Crippen LogP contribution in [0.1, 0.15) is 5.56 Å². The largest absolute Gasteiger partial charge is 0.508 e. The first-order valence-electron chi connectivity index (χ1n) is 8.71. The first-order chi connectivity index (χ1) is 14.3. The minimum absolute atomic E-state index is 0.213. The molecule has 0 saturated carbocycles. The topological polar surface area (TPSA) is 83.8 Å². The molecule has 0 spiro atoms. The third kappa shape index (κ3) is 5.40. The summed E-state index contributed by atoms with van der Waals surface area (Å²) in [4.78, 5) is 17.7. The molecule has 0 saturated heterocycles. The standard InChI is InChI=1S/C21H17N3O2S.CH2O/c25-18-10-11-19-20(12-18)27-21(24-19)22-14-26-23-13-15-6-8-17(9-7-15)16-4-2-1-3-5-16;1-2/h1-13,25H,14H2,(H,22,24);1H2/b23-13+;. The molecule has 0 bridgehead atoms. The van der Waals surface area contributed by atoms with E-state index in [1.165, 1.54) is 16.9 Å². The molecule has 0 atom stereocenters. The fourth-order valence-electron chi connectivity index (χ4n) is 2.61. The van der Waals surface area contributed by atoms with Crippen LogP contribution < -0.4 is 5.32 Å². The predicted octanol–water partition coefficient (Wildman–Crippen LogP) is 4.90. The summed E-state index contributed by atoms with van der Waals surface area (Å²) >= 11 is 1.45. The van der Waals surface area contributed by atoms with Gasteiger partial charge in [-0.15, -0.1) is 0 Å². The molecule has 29 heavy (non-hydrogen) atoms. The van der Waals surface area contributed by atoms with Crippen LogP contribution in [0.5, 0.6) is 5.75 Å². The van der Waals surface area contributed by atoms with Gasteiger partial charge < -0.3 is 20.1 Å². The monoisotopic (exact) mass is 405 g/mol. The van der Waals surface area contributed by atoms with Crippen molar-refractivity contribution in [3.8, 4) is 16.9 Å². The number of nitrogens with one attached hydrogen (secondary N) is 1. The minimum Gasteiger partial charge on any atom is -0.508 e. The van der Waals surface area contributed by atoms with Crippen molar-refractivity contribution in [2.75, 3.05) is 12.0 Å². The summed E-state index contributed by atoms with van der Waals surface area (Å²) in [6.07, 6.45) is 1.67. The average molecular weight is 405 g/mol. The second-order valence-corrected chi connectivity index (χ2v) is 6.87. The van der Waals surface area contributed by atoms with Crippen molar-refractivity contribution in [3.05, 3.63) is 78.4 Å². The molecule has 4 aromatic rings. The van der Waals surface area contributed by atoms with Crippen molar-refractivity contribution < 1.29 is 14.7 Å². The molecule has 7 heteroatoms. The van der Waals surface area contributed by atoms with E-state index < -0.39 is 0 Å². The Morgan fingerprint density at radius 2 is 1.76 bits per heavy atom. The maximum Gasteiger partial charge on any atom is 0.189 e. The Morgan fingerprint density at radius 1 is 1.03 bits per heavy atom. The normalized spacial score (nSPS) is 10.5. The van der Waals surface area contributed by atoms with E-state index in [4.69, 9.17) is 9.63 Å². The number of thiazole rings is 1. The fraction of sp³-hybridized carbons (Fsp3) is 0.0455. The fourth-order valence-corrected chi connectivity index (χ4v) is 3.49. The molecule has 146 valence electrons. The lowest BCUT2D eigenvalue weighted by molar-refractivity contribution is -0.0979. The zero-order valence-corrected chi connectivity index (χ0v) is 16.3. The maximum absolute atomic E-state index is 9.49. The van der Waals surface area contributed by atoms with E-state index in [0.717, 1.165) is 26.5 Å². The summed E-state index contributed by atoms with van der Waals surface area (Å²) in [7, 11) is 0. The van der Waals surface area contributed by atoms with Gasteiger partial charge in [0, 0.05) is 0 Å². The Labute approximate surface area is 172 Å². The van der Waals surface area contributed by atoms with E-state index in [1.54, 1.807) is 24.4 Å². The number of oxime groups is 1. The first-order valence-corrected chi connectivity index (χ1v) is 9.53. The van der Waals surface area contributed by atoms with Crippen molar-refractivity contribution in [2.24, 2.45) is 5.16 Å². The molecule has 0 unspecified atom stereocenters. The van der Waals surface area contributed by atoms with Gasteiger partial charge in [-0.2, -0.15) is 0 Å². The highest BCUT2D eigenvalue weighted by atomic mass is 32.1. The van der Waals surface area contributed by atoms with Crippen LogP contribution in [0, 0.1) is 0 Å². The molecule has 2 N–H and O–H groups in total. The SMILES string of the molecule is C=O.Oc1ccc2nc(NCO/N=C/c3ccc(-c4ccccc4)cc3)sc2c1. The smallest absolute Gasteiger partial charge is 0.189 e. The minimum atomic E-state index is 0.213. The van der Waals surface area contributed by atoms with Gasteiger partial charge in [0.05, 0.1) is 16.4 Å². The summed E-state index contributed by atoms with van der Waals surface area (Å²) in [5.74, 6) is 0.233. The van der Waals surface area contributed by atoms with Crippen LogP contribution >= 0.6 is 11.3 Å². The second-order valence-electron chi connectivity index (χ2n) is 5.84. The number of aromatic nitrogens is 1. The number of phenolic OH excluding ortho intramolecular Hbond substituents is 1. The first kappa shape index (κ1) is 20.0. The van der Waals surface area contributed by atoms with Gasteiger partial charge in [0.1, 0.15) is 12.5 Å². The Hall–Kier alpha value is -3.71. The molecule has 0 aliphatic carbocycles. The number of benzene rings is 3. The number of anilines is 1. The molecule has 1 aromatic heterocycles. The Bertz CT molecular complexity index is 1080. The van der Waals surface area contributed by atoms with Crippen molar-refractivity contribution >= 4 is 39.7 Å². The molecule has 0 amide bonds. The van der Waals surface area contributed by atoms with E-state index in [9.17, 15) is 5.11 Å². The van der Waals surface area contributed by atoms with Crippen LogP contribution in [0.2, 0.25) is 0 Å². The number of aromatic hydroxyl groups is 1. The number of fused-ring (bicyclic) bond motifs is 1. The van der Waals surface area contributed by atoms with Gasteiger partial charge in [0.15, 0.2) is 11.9 Å². The molecule has 4 rings (SSSR count). The number of phenols is 1. The average Bonchev–Trinajstić information content (AvgIpc) is 3.18. The summed E-state index contributed by atoms with van der Waals surface area (Å²) in [5.41, 5.74) is 4.15. The van der Waals surface area contributed by atoms with E-state index >= 15 is 0 Å². The molecule has 0 aliphatic rings. The molecule has 6 nitrogen and oxygen atoms in total. The van der Waals surface area contributed by atoms with Crippen LogP contribution in [0.25, 0.3) is 21.3 Å². The number of rotatable bonds is 6. The third-order valence-corrected chi connectivity index (χ3v) is 4.93. The third-order valence-electron chi connectivity index (χ3n) is 3.95. The zero-order chi connectivity index (χ0) is 20.5. The van der Waals surface area contributed by atoms with Crippen molar-refractivity contribution in [1.82, 2.24) is 4.98 Å². The number of hydrogen-bond acceptors (Lipinski definition) is 7. The van der Waals surface area contributed by atoms with E-state index in [-0.39, 0.29) is 12.5 Å². The summed E-state index contributed by atoms with van der Waals surface area (Å²) in [6, 6.07) is 23.5. The summed E-state index contributed by atoms with van der Waals surface area (Å²) in [6.45, 7) is 2.21. The van der Waals surface area contributed by atoms with Gasteiger partial charge in [-0.1, -0.05) is 71.1 Å². The molecule has 0 radical (unpaired) electrons. The van der Waals surface area contributed by atoms with Crippen molar-refractivity contribution in [1.29, 1.82) is 0 Å². The van der Waals surface area contributed by atoms with Gasteiger partial charge in [-0.3, -0.25) is 0 Å². The zero-order valence-electron chi connectivity index (χ0n) is 15.5. The Kier molecular flexibility index (Phi) is 6.91. The summed E-state index contributed by atoms with van der Waals surface area (Å²) in [5, 5.41) is 17.2. The van der Waals surface area contributed by atoms with Crippen molar-refractivity contribution in [2.45, 2.75) is 0 Å². The van der Waals surface area contributed by atoms with Crippen LogP contribution in [-0.4, -0.2) is 29.8 Å². The highest BCUT2D eigenvalue weighted by Gasteiger charge is 2.03. The predicted molar refractivity (Wildman–Crippen MR) is 117 cm³/mol. The van der Waals surface area contributed by atoms with Crippen molar-refractivity contribution in [3.63, 3.8) is 0 Å². The lowest BCUT2D eigenvalue weighted by atomic mass is 10.0. The number of carbonyl (C=O) groups is 1. The van der Waals surface area contributed by atoms with Crippen LogP contribution in [-0.2, 0) is 9.63 Å². The Balaban J connectivity index is 0.00000117. The Morgan fingerprint density at radius 3 is 2.52 bits per heavy atom. The van der Waals surface area contributed by atoms with Gasteiger partial charge in [0.25, 0.3) is 0 Å². The molecular formula is C22H19N3O3S. The number of carbonyl (C=O) groups excluding carboxylic acids is 1. The van der Waals surface area contributed by atoms with E-state index in [0.29, 0.717) is 0 Å². The quantitative estimate of drug-likeness (QED) is 0.206. The van der Waals surface area contributed by atoms with Crippen LogP contribution in [0.3, 0.4) is 0 Å². The van der Waals surface area contributed by atoms with Gasteiger partial charge >= 0.3 is 0 Å². The lowest BCUT2D eigenvalue weighted by Gasteiger charge is -2.02. The van der Waals surface area contributed by atoms with Gasteiger partial charge in [0.2, 0.25) is 0 Å². The van der Waals surface area contributed by atoms with Gasteiger partial charge in [-0.05, 0) is 34.9 Å². The lowest BCUT2D eigenvalue weighted by Crippen LogP contribution is -2.02. The highest BCUT2D eigenvalue weighted by Crippen LogP contribution is 2.28. The molecule has 1 heterocycles. The summed E-state index contributed by atoms with van der Waals surface area (Å²) < 4.78 is 0.916. The molecular weight excluding hydrogens is 386 g/mol. The molecule has 0 aliphatic heterocycles. The highest BCUT2D eigenvalue weighted by molar-refractivity contribution is 7.22. The van der Waals surface area contributed by atoms with E-state index in [2.05, 4.69) is 39.7 Å². The molecule has 3 aromatic carbocycles. The number of nitrogens with zero attached hydrogens (tertiary/aromatic N) is 2. The maximum atomic E-state index is 9.49.